The first-order chi connectivity index (χ1) is 16.9. The van der Waals surface area contributed by atoms with Gasteiger partial charge in [0.15, 0.2) is 0 Å². The number of halogens is 2. The summed E-state index contributed by atoms with van der Waals surface area (Å²) in [6.45, 7) is 1.37. The fraction of sp³-hybridized carbons (Fsp3) is 0.185. The van der Waals surface area contributed by atoms with Crippen LogP contribution in [0.3, 0.4) is 0 Å². The van der Waals surface area contributed by atoms with Gasteiger partial charge in [-0.1, -0.05) is 48.5 Å². The molecular weight excluding hydrogens is 452 g/mol. The lowest BCUT2D eigenvalue weighted by Gasteiger charge is -2.21. The van der Waals surface area contributed by atoms with Gasteiger partial charge in [-0.3, -0.25) is 4.79 Å². The molecule has 2 atom stereocenters. The Bertz CT molecular complexity index is 1320. The number of carbonyl (C=O) groups is 2. The van der Waals surface area contributed by atoms with Gasteiger partial charge in [0.2, 0.25) is 5.91 Å². The molecule has 0 saturated carbocycles. The van der Waals surface area contributed by atoms with E-state index in [0.29, 0.717) is 0 Å². The Morgan fingerprint density at radius 1 is 0.943 bits per heavy atom. The van der Waals surface area contributed by atoms with E-state index in [2.05, 4.69) is 15.6 Å². The maximum absolute atomic E-state index is 13.9. The number of aromatic nitrogens is 1. The number of carbonyl (C=O) groups excluding carboxylic acids is 2. The third-order valence-electron chi connectivity index (χ3n) is 5.73. The highest BCUT2D eigenvalue weighted by Gasteiger charge is 2.25. The molecule has 0 fully saturated rings. The standard InChI is InChI=1S/C27H25F2N3O3/c1-17(18-7-3-2-4-8-18)31-26(33)25(14-19-15-30-24-10-6-5-9-22(19)24)32-27(34)35-16-20-13-21(28)11-12-23(20)29/h2-13,15,17,25,30H,14,16H2,1H3,(H,31,33)(H,32,34)/t17-,25+/m0/s1. The van der Waals surface area contributed by atoms with E-state index in [9.17, 15) is 18.4 Å². The molecule has 2 amide bonds. The van der Waals surface area contributed by atoms with E-state index in [4.69, 9.17) is 4.74 Å². The second-order valence-corrected chi connectivity index (χ2v) is 8.21. The van der Waals surface area contributed by atoms with Crippen LogP contribution in [0.1, 0.15) is 29.7 Å². The van der Waals surface area contributed by atoms with Crippen LogP contribution in [0.5, 0.6) is 0 Å². The highest BCUT2D eigenvalue weighted by atomic mass is 19.1. The quantitative estimate of drug-likeness (QED) is 0.328. The van der Waals surface area contributed by atoms with Crippen molar-refractivity contribution < 1.29 is 23.1 Å². The zero-order valence-corrected chi connectivity index (χ0v) is 19.1. The molecule has 0 spiro atoms. The lowest BCUT2D eigenvalue weighted by molar-refractivity contribution is -0.123. The molecule has 0 aliphatic heterocycles. The minimum atomic E-state index is -0.967. The summed E-state index contributed by atoms with van der Waals surface area (Å²) in [5.74, 6) is -1.73. The zero-order chi connectivity index (χ0) is 24.8. The number of para-hydroxylation sites is 1. The van der Waals surface area contributed by atoms with E-state index in [1.807, 2.05) is 61.5 Å². The van der Waals surface area contributed by atoms with Gasteiger partial charge in [-0.2, -0.15) is 0 Å². The first kappa shape index (κ1) is 23.9. The highest BCUT2D eigenvalue weighted by Crippen LogP contribution is 2.20. The van der Waals surface area contributed by atoms with Crippen molar-refractivity contribution in [3.05, 3.63) is 107 Å². The number of amides is 2. The average Bonchev–Trinajstić information content (AvgIpc) is 3.27. The fourth-order valence-corrected chi connectivity index (χ4v) is 3.85. The van der Waals surface area contributed by atoms with E-state index in [0.717, 1.165) is 40.2 Å². The molecule has 6 nitrogen and oxygen atoms in total. The van der Waals surface area contributed by atoms with Gasteiger partial charge in [-0.15, -0.1) is 0 Å². The van der Waals surface area contributed by atoms with Crippen LogP contribution in [0.15, 0.2) is 79.0 Å². The topological polar surface area (TPSA) is 83.2 Å². The molecule has 0 bridgehead atoms. The van der Waals surface area contributed by atoms with Crippen molar-refractivity contribution in [1.29, 1.82) is 0 Å². The number of hydrogen-bond acceptors (Lipinski definition) is 3. The summed E-state index contributed by atoms with van der Waals surface area (Å²) >= 11 is 0. The maximum Gasteiger partial charge on any atom is 0.408 e. The summed E-state index contributed by atoms with van der Waals surface area (Å²) in [6, 6.07) is 18.7. The molecule has 0 radical (unpaired) electrons. The third-order valence-corrected chi connectivity index (χ3v) is 5.73. The molecular formula is C27H25F2N3O3. The summed E-state index contributed by atoms with van der Waals surface area (Å²) < 4.78 is 32.4. The van der Waals surface area contributed by atoms with Gasteiger partial charge >= 0.3 is 6.09 Å². The van der Waals surface area contributed by atoms with E-state index in [1.54, 1.807) is 6.20 Å². The average molecular weight is 478 g/mol. The summed E-state index contributed by atoms with van der Waals surface area (Å²) in [5, 5.41) is 6.43. The molecule has 1 aromatic heterocycles. The van der Waals surface area contributed by atoms with Crippen molar-refractivity contribution >= 4 is 22.9 Å². The van der Waals surface area contributed by atoms with Crippen LogP contribution in [-0.4, -0.2) is 23.0 Å². The van der Waals surface area contributed by atoms with Crippen molar-refractivity contribution in [1.82, 2.24) is 15.6 Å². The second-order valence-electron chi connectivity index (χ2n) is 8.21. The number of alkyl carbamates (subject to hydrolysis) is 1. The van der Waals surface area contributed by atoms with Gasteiger partial charge in [0.25, 0.3) is 0 Å². The number of fused-ring (bicyclic) bond motifs is 1. The Morgan fingerprint density at radius 3 is 2.49 bits per heavy atom. The molecule has 8 heteroatoms. The lowest BCUT2D eigenvalue weighted by Crippen LogP contribution is -2.48. The van der Waals surface area contributed by atoms with Gasteiger partial charge in [-0.25, -0.2) is 13.6 Å². The van der Waals surface area contributed by atoms with E-state index in [-0.39, 0.29) is 18.0 Å². The lowest BCUT2D eigenvalue weighted by atomic mass is 10.0. The first-order valence-electron chi connectivity index (χ1n) is 11.2. The van der Waals surface area contributed by atoms with Crippen LogP contribution in [0.25, 0.3) is 10.9 Å². The van der Waals surface area contributed by atoms with Crippen LogP contribution in [-0.2, 0) is 22.6 Å². The van der Waals surface area contributed by atoms with Gasteiger partial charge in [0, 0.05) is 29.1 Å². The largest absolute Gasteiger partial charge is 0.445 e. The Kier molecular flexibility index (Phi) is 7.40. The molecule has 3 N–H and O–H groups in total. The molecule has 0 unspecified atom stereocenters. The van der Waals surface area contributed by atoms with Crippen LogP contribution in [0.4, 0.5) is 13.6 Å². The zero-order valence-electron chi connectivity index (χ0n) is 19.1. The number of rotatable bonds is 8. The highest BCUT2D eigenvalue weighted by molar-refractivity contribution is 5.88. The summed E-state index contributed by atoms with van der Waals surface area (Å²) in [4.78, 5) is 28.9. The van der Waals surface area contributed by atoms with Crippen LogP contribution >= 0.6 is 0 Å². The molecule has 180 valence electrons. The molecule has 4 aromatic rings. The summed E-state index contributed by atoms with van der Waals surface area (Å²) in [7, 11) is 0. The van der Waals surface area contributed by atoms with Crippen LogP contribution < -0.4 is 10.6 Å². The second kappa shape index (κ2) is 10.8. The van der Waals surface area contributed by atoms with E-state index < -0.39 is 36.3 Å². The molecule has 1 heterocycles. The Morgan fingerprint density at radius 2 is 1.69 bits per heavy atom. The van der Waals surface area contributed by atoms with Gasteiger partial charge < -0.3 is 20.4 Å². The first-order valence-corrected chi connectivity index (χ1v) is 11.2. The normalized spacial score (nSPS) is 12.7. The Hall–Kier alpha value is -4.20. The molecule has 0 aliphatic carbocycles. The molecule has 0 aliphatic rings. The van der Waals surface area contributed by atoms with Crippen molar-refractivity contribution in [2.75, 3.05) is 0 Å². The SMILES string of the molecule is C[C@H](NC(=O)[C@@H](Cc1c[nH]c2ccccc12)NC(=O)OCc1cc(F)ccc1F)c1ccccc1. The predicted molar refractivity (Wildman–Crippen MR) is 128 cm³/mol. The number of nitrogens with one attached hydrogen (secondary N) is 3. The molecule has 3 aromatic carbocycles. The number of H-pyrrole nitrogens is 1. The molecule has 35 heavy (non-hydrogen) atoms. The van der Waals surface area contributed by atoms with E-state index in [1.165, 1.54) is 0 Å². The minimum Gasteiger partial charge on any atom is -0.445 e. The Balaban J connectivity index is 1.49. The van der Waals surface area contributed by atoms with Crippen molar-refractivity contribution in [3.63, 3.8) is 0 Å². The smallest absolute Gasteiger partial charge is 0.408 e. The maximum atomic E-state index is 13.9. The van der Waals surface area contributed by atoms with Crippen molar-refractivity contribution in [3.8, 4) is 0 Å². The molecule has 0 saturated heterocycles. The van der Waals surface area contributed by atoms with Crippen LogP contribution in [0, 0.1) is 11.6 Å². The summed E-state index contributed by atoms with van der Waals surface area (Å²) in [5.41, 5.74) is 2.55. The van der Waals surface area contributed by atoms with E-state index >= 15 is 0 Å². The van der Waals surface area contributed by atoms with Gasteiger partial charge in [0.1, 0.15) is 24.3 Å². The van der Waals surface area contributed by atoms with Crippen molar-refractivity contribution in [2.24, 2.45) is 0 Å². The predicted octanol–water partition coefficient (Wildman–Crippen LogP) is 5.16. The van der Waals surface area contributed by atoms with Gasteiger partial charge in [0.05, 0.1) is 6.04 Å². The van der Waals surface area contributed by atoms with Gasteiger partial charge in [-0.05, 0) is 42.3 Å². The monoisotopic (exact) mass is 477 g/mol. The van der Waals surface area contributed by atoms with Crippen molar-refractivity contribution in [2.45, 2.75) is 32.0 Å². The fourth-order valence-electron chi connectivity index (χ4n) is 3.85. The Labute approximate surface area is 201 Å². The number of aromatic amines is 1. The number of benzene rings is 3. The molecule has 4 rings (SSSR count). The number of hydrogen-bond donors (Lipinski definition) is 3. The summed E-state index contributed by atoms with van der Waals surface area (Å²) in [6.07, 6.45) is 1.07. The minimum absolute atomic E-state index is 0.101. The van der Waals surface area contributed by atoms with Crippen LogP contribution in [0.2, 0.25) is 0 Å². The third kappa shape index (κ3) is 6.03. The number of ether oxygens (including phenoxy) is 1.